The minimum Gasteiger partial charge on any atom is -0.343 e. The number of hydrogen-bond donors (Lipinski definition) is 1. The number of carbonyl (C=O) groups is 1. The van der Waals surface area contributed by atoms with Crippen LogP contribution in [0.5, 0.6) is 0 Å². The molecule has 1 unspecified atom stereocenters. The molecule has 0 spiro atoms. The molecular formula is C14H14N2OS. The Labute approximate surface area is 111 Å². The highest BCUT2D eigenvalue weighted by molar-refractivity contribution is 7.98. The molecule has 0 radical (unpaired) electrons. The van der Waals surface area contributed by atoms with Crippen molar-refractivity contribution in [2.24, 2.45) is 0 Å². The third kappa shape index (κ3) is 3.60. The first kappa shape index (κ1) is 12.6. The van der Waals surface area contributed by atoms with Crippen molar-refractivity contribution in [3.63, 3.8) is 0 Å². The highest BCUT2D eigenvalue weighted by Crippen LogP contribution is 2.28. The van der Waals surface area contributed by atoms with E-state index in [0.29, 0.717) is 0 Å². The van der Waals surface area contributed by atoms with E-state index in [1.165, 1.54) is 0 Å². The van der Waals surface area contributed by atoms with Crippen molar-refractivity contribution in [3.05, 3.63) is 66.0 Å². The molecule has 1 heterocycles. The Kier molecular flexibility index (Phi) is 4.78. The second kappa shape index (κ2) is 6.81. The smallest absolute Gasteiger partial charge is 0.208 e. The molecule has 3 nitrogen and oxygen atoms in total. The number of carbonyl (C=O) groups excluding carboxylic acids is 1. The van der Waals surface area contributed by atoms with Crippen molar-refractivity contribution >= 4 is 18.2 Å². The normalized spacial score (nSPS) is 11.8. The molecule has 4 heteroatoms. The predicted molar refractivity (Wildman–Crippen MR) is 73.9 cm³/mol. The highest BCUT2D eigenvalue weighted by Gasteiger charge is 2.10. The van der Waals surface area contributed by atoms with E-state index in [0.717, 1.165) is 23.3 Å². The summed E-state index contributed by atoms with van der Waals surface area (Å²) in [6.45, 7) is 0. The Morgan fingerprint density at radius 2 is 2.06 bits per heavy atom. The van der Waals surface area contributed by atoms with Gasteiger partial charge in [0, 0.05) is 18.1 Å². The van der Waals surface area contributed by atoms with Gasteiger partial charge in [-0.3, -0.25) is 9.78 Å². The van der Waals surface area contributed by atoms with E-state index < -0.39 is 0 Å². The molecule has 0 aliphatic carbocycles. The van der Waals surface area contributed by atoms with Crippen LogP contribution in [0, 0.1) is 0 Å². The molecule has 0 fully saturated rings. The van der Waals surface area contributed by atoms with E-state index in [4.69, 9.17) is 0 Å². The fraction of sp³-hybridized carbons (Fsp3) is 0.143. The zero-order chi connectivity index (χ0) is 12.6. The number of benzene rings is 1. The predicted octanol–water partition coefficient (Wildman–Crippen LogP) is 2.76. The fourth-order valence-corrected chi connectivity index (χ4v) is 2.62. The van der Waals surface area contributed by atoms with E-state index in [2.05, 4.69) is 10.3 Å². The Hall–Kier alpha value is -1.81. The monoisotopic (exact) mass is 258 g/mol. The van der Waals surface area contributed by atoms with Crippen molar-refractivity contribution in [2.75, 3.05) is 0 Å². The van der Waals surface area contributed by atoms with Gasteiger partial charge in [0.2, 0.25) is 6.41 Å². The highest BCUT2D eigenvalue weighted by atomic mass is 32.2. The zero-order valence-electron chi connectivity index (χ0n) is 9.82. The Morgan fingerprint density at radius 1 is 1.22 bits per heavy atom. The molecule has 18 heavy (non-hydrogen) atoms. The van der Waals surface area contributed by atoms with Crippen molar-refractivity contribution in [1.82, 2.24) is 10.3 Å². The molecule has 92 valence electrons. The van der Waals surface area contributed by atoms with Crippen LogP contribution in [0.2, 0.25) is 0 Å². The number of nitrogens with zero attached hydrogens (tertiary/aromatic N) is 1. The number of aromatic nitrogens is 1. The summed E-state index contributed by atoms with van der Waals surface area (Å²) in [6, 6.07) is 13.9. The van der Waals surface area contributed by atoms with Crippen LogP contribution in [0.3, 0.4) is 0 Å². The van der Waals surface area contributed by atoms with Crippen LogP contribution in [-0.4, -0.2) is 11.4 Å². The van der Waals surface area contributed by atoms with Gasteiger partial charge < -0.3 is 5.32 Å². The van der Waals surface area contributed by atoms with Crippen molar-refractivity contribution in [2.45, 2.75) is 11.1 Å². The van der Waals surface area contributed by atoms with E-state index in [1.807, 2.05) is 48.7 Å². The van der Waals surface area contributed by atoms with E-state index >= 15 is 0 Å². The second-order valence-electron chi connectivity index (χ2n) is 3.75. The standard InChI is InChI=1S/C14H14N2OS/c17-11-16-14(13-6-2-1-3-7-13)18-10-12-5-4-8-15-9-12/h1-9,11,14H,10H2,(H,16,17). The number of thioether (sulfide) groups is 1. The summed E-state index contributed by atoms with van der Waals surface area (Å²) in [7, 11) is 0. The molecule has 0 saturated carbocycles. The van der Waals surface area contributed by atoms with Crippen LogP contribution in [-0.2, 0) is 10.5 Å². The number of rotatable bonds is 6. The van der Waals surface area contributed by atoms with Crippen LogP contribution in [0.25, 0.3) is 0 Å². The van der Waals surface area contributed by atoms with Gasteiger partial charge in [-0.1, -0.05) is 36.4 Å². The topological polar surface area (TPSA) is 42.0 Å². The largest absolute Gasteiger partial charge is 0.343 e. The van der Waals surface area contributed by atoms with Crippen LogP contribution < -0.4 is 5.32 Å². The minimum absolute atomic E-state index is 0.0242. The number of hydrogen-bond acceptors (Lipinski definition) is 3. The molecule has 0 aliphatic rings. The summed E-state index contributed by atoms with van der Waals surface area (Å²) >= 11 is 1.67. The van der Waals surface area contributed by atoms with Crippen LogP contribution in [0.4, 0.5) is 0 Å². The maximum Gasteiger partial charge on any atom is 0.208 e. The van der Waals surface area contributed by atoms with E-state index in [9.17, 15) is 4.79 Å². The van der Waals surface area contributed by atoms with Gasteiger partial charge in [-0.15, -0.1) is 11.8 Å². The molecule has 0 saturated heterocycles. The average Bonchev–Trinajstić information content (AvgIpc) is 2.45. The van der Waals surface area contributed by atoms with Gasteiger partial charge in [-0.2, -0.15) is 0 Å². The van der Waals surface area contributed by atoms with Gasteiger partial charge in [0.15, 0.2) is 0 Å². The van der Waals surface area contributed by atoms with Crippen LogP contribution >= 0.6 is 11.8 Å². The first-order valence-electron chi connectivity index (χ1n) is 5.65. The molecule has 1 atom stereocenters. The molecule has 1 amide bonds. The van der Waals surface area contributed by atoms with E-state index in [1.54, 1.807) is 18.0 Å². The summed E-state index contributed by atoms with van der Waals surface area (Å²) in [5.41, 5.74) is 2.25. The summed E-state index contributed by atoms with van der Waals surface area (Å²) in [5, 5.41) is 2.81. The lowest BCUT2D eigenvalue weighted by Gasteiger charge is -2.15. The van der Waals surface area contributed by atoms with Crippen molar-refractivity contribution in [1.29, 1.82) is 0 Å². The van der Waals surface area contributed by atoms with Gasteiger partial charge in [-0.05, 0) is 17.2 Å². The first-order chi connectivity index (χ1) is 8.90. The van der Waals surface area contributed by atoms with Gasteiger partial charge >= 0.3 is 0 Å². The van der Waals surface area contributed by atoms with Crippen molar-refractivity contribution < 1.29 is 4.79 Å². The van der Waals surface area contributed by atoms with Gasteiger partial charge in [0.1, 0.15) is 5.37 Å². The maximum absolute atomic E-state index is 10.7. The lowest BCUT2D eigenvalue weighted by atomic mass is 10.2. The lowest BCUT2D eigenvalue weighted by Crippen LogP contribution is -2.16. The number of amides is 1. The lowest BCUT2D eigenvalue weighted by molar-refractivity contribution is -0.109. The van der Waals surface area contributed by atoms with E-state index in [-0.39, 0.29) is 5.37 Å². The molecule has 1 aromatic heterocycles. The molecule has 2 aromatic rings. The molecule has 1 N–H and O–H groups in total. The molecule has 0 aliphatic heterocycles. The molecule has 1 aromatic carbocycles. The van der Waals surface area contributed by atoms with Gasteiger partial charge in [-0.25, -0.2) is 0 Å². The fourth-order valence-electron chi connectivity index (χ4n) is 1.59. The molecular weight excluding hydrogens is 244 g/mol. The van der Waals surface area contributed by atoms with Gasteiger partial charge in [0.25, 0.3) is 0 Å². The summed E-state index contributed by atoms with van der Waals surface area (Å²) in [4.78, 5) is 14.7. The third-order valence-electron chi connectivity index (χ3n) is 2.46. The van der Waals surface area contributed by atoms with Gasteiger partial charge in [0.05, 0.1) is 0 Å². The quantitative estimate of drug-likeness (QED) is 0.640. The summed E-state index contributed by atoms with van der Waals surface area (Å²) < 4.78 is 0. The Bertz CT molecular complexity index is 476. The maximum atomic E-state index is 10.7. The third-order valence-corrected chi connectivity index (χ3v) is 3.70. The Morgan fingerprint density at radius 3 is 2.72 bits per heavy atom. The number of nitrogens with one attached hydrogen (secondary N) is 1. The number of pyridine rings is 1. The average molecular weight is 258 g/mol. The SMILES string of the molecule is O=CNC(SCc1cccnc1)c1ccccc1. The molecule has 2 rings (SSSR count). The van der Waals surface area contributed by atoms with Crippen molar-refractivity contribution in [3.8, 4) is 0 Å². The Balaban J connectivity index is 2.01. The summed E-state index contributed by atoms with van der Waals surface area (Å²) in [5.74, 6) is 0.814. The van der Waals surface area contributed by atoms with Crippen LogP contribution in [0.1, 0.15) is 16.5 Å². The minimum atomic E-state index is -0.0242. The first-order valence-corrected chi connectivity index (χ1v) is 6.70. The second-order valence-corrected chi connectivity index (χ2v) is 4.84. The molecule has 0 bridgehead atoms. The summed E-state index contributed by atoms with van der Waals surface area (Å²) in [6.07, 6.45) is 4.34. The zero-order valence-corrected chi connectivity index (χ0v) is 10.6. The van der Waals surface area contributed by atoms with Crippen LogP contribution in [0.15, 0.2) is 54.9 Å².